The van der Waals surface area contributed by atoms with Crippen LogP contribution in [0.1, 0.15) is 36.0 Å². The lowest BCUT2D eigenvalue weighted by atomic mass is 10.2. The standard InChI is InChI=1S/C22H25ClN2O5S2/c23-18-6-10-19(11-7-18)31(27,28)21-12-15-24(16-21)22(26)17-4-8-20(9-5-17)32(29,30)25-13-2-1-3-14-25/h4-11,21H,1-3,12-16H2. The second-order valence-electron chi connectivity index (χ2n) is 8.15. The fourth-order valence-corrected chi connectivity index (χ4v) is 7.52. The van der Waals surface area contributed by atoms with Crippen LogP contribution in [0.3, 0.4) is 0 Å². The van der Waals surface area contributed by atoms with E-state index < -0.39 is 25.1 Å². The fraction of sp³-hybridized carbons (Fsp3) is 0.409. The number of likely N-dealkylation sites (tertiary alicyclic amines) is 1. The van der Waals surface area contributed by atoms with Crippen LogP contribution in [0, 0.1) is 0 Å². The van der Waals surface area contributed by atoms with Gasteiger partial charge in [-0.2, -0.15) is 4.31 Å². The summed E-state index contributed by atoms with van der Waals surface area (Å²) in [5, 5.41) is -0.232. The Balaban J connectivity index is 1.45. The number of benzene rings is 2. The molecule has 172 valence electrons. The monoisotopic (exact) mass is 496 g/mol. The molecular weight excluding hydrogens is 472 g/mol. The topological polar surface area (TPSA) is 91.8 Å². The fourth-order valence-electron chi connectivity index (χ4n) is 4.19. The summed E-state index contributed by atoms with van der Waals surface area (Å²) < 4.78 is 52.9. The number of sulfonamides is 1. The van der Waals surface area contributed by atoms with E-state index in [-0.39, 0.29) is 22.2 Å². The van der Waals surface area contributed by atoms with Crippen LogP contribution in [0.4, 0.5) is 0 Å². The number of rotatable bonds is 5. The highest BCUT2D eigenvalue weighted by molar-refractivity contribution is 7.92. The molecule has 0 aromatic heterocycles. The van der Waals surface area contributed by atoms with Crippen LogP contribution in [0.5, 0.6) is 0 Å². The molecule has 0 saturated carbocycles. The molecule has 0 N–H and O–H groups in total. The molecule has 2 saturated heterocycles. The number of carbonyl (C=O) groups is 1. The second-order valence-corrected chi connectivity index (χ2v) is 12.8. The lowest BCUT2D eigenvalue weighted by molar-refractivity contribution is 0.0793. The lowest BCUT2D eigenvalue weighted by Crippen LogP contribution is -2.35. The van der Waals surface area contributed by atoms with Crippen LogP contribution >= 0.6 is 11.6 Å². The number of hydrogen-bond acceptors (Lipinski definition) is 5. The first-order chi connectivity index (χ1) is 15.2. The summed E-state index contributed by atoms with van der Waals surface area (Å²) in [6, 6.07) is 11.9. The SMILES string of the molecule is O=C(c1ccc(S(=O)(=O)N2CCCCC2)cc1)N1CCC(S(=O)(=O)c2ccc(Cl)cc2)C1. The molecule has 32 heavy (non-hydrogen) atoms. The van der Waals surface area contributed by atoms with Gasteiger partial charge in [-0.1, -0.05) is 18.0 Å². The Morgan fingerprint density at radius 1 is 0.812 bits per heavy atom. The zero-order chi connectivity index (χ0) is 22.9. The Hall–Kier alpha value is -1.94. The van der Waals surface area contributed by atoms with E-state index in [0.29, 0.717) is 36.6 Å². The molecule has 0 bridgehead atoms. The highest BCUT2D eigenvalue weighted by Gasteiger charge is 2.36. The molecule has 2 aromatic rings. The number of hydrogen-bond donors (Lipinski definition) is 0. The van der Waals surface area contributed by atoms with Gasteiger partial charge in [0.15, 0.2) is 9.84 Å². The molecule has 1 unspecified atom stereocenters. The smallest absolute Gasteiger partial charge is 0.253 e. The summed E-state index contributed by atoms with van der Waals surface area (Å²) in [6.45, 7) is 1.45. The van der Waals surface area contributed by atoms with Crippen LogP contribution in [0.25, 0.3) is 0 Å². The van der Waals surface area contributed by atoms with E-state index in [0.717, 1.165) is 19.3 Å². The van der Waals surface area contributed by atoms with Crippen LogP contribution in [-0.2, 0) is 19.9 Å². The molecule has 0 spiro atoms. The van der Waals surface area contributed by atoms with Crippen molar-refractivity contribution in [3.8, 4) is 0 Å². The Labute approximate surface area is 193 Å². The minimum Gasteiger partial charge on any atom is -0.337 e. The Morgan fingerprint density at radius 2 is 1.41 bits per heavy atom. The van der Waals surface area contributed by atoms with E-state index in [4.69, 9.17) is 11.6 Å². The van der Waals surface area contributed by atoms with E-state index in [2.05, 4.69) is 0 Å². The molecule has 2 aliphatic heterocycles. The number of amides is 1. The average molecular weight is 497 g/mol. The van der Waals surface area contributed by atoms with Crippen molar-refractivity contribution in [2.75, 3.05) is 26.2 Å². The molecule has 1 amide bonds. The molecule has 0 aliphatic carbocycles. The second kappa shape index (κ2) is 9.13. The van der Waals surface area contributed by atoms with Crippen molar-refractivity contribution in [2.45, 2.75) is 40.7 Å². The molecule has 2 heterocycles. The first-order valence-corrected chi connectivity index (χ1v) is 13.9. The van der Waals surface area contributed by atoms with Gasteiger partial charge in [0.2, 0.25) is 10.0 Å². The zero-order valence-corrected chi connectivity index (χ0v) is 19.9. The van der Waals surface area contributed by atoms with Crippen molar-refractivity contribution >= 4 is 37.4 Å². The van der Waals surface area contributed by atoms with E-state index in [1.54, 1.807) is 0 Å². The molecule has 1 atom stereocenters. The zero-order valence-electron chi connectivity index (χ0n) is 17.5. The minimum absolute atomic E-state index is 0.0949. The van der Waals surface area contributed by atoms with Gasteiger partial charge in [0.05, 0.1) is 15.0 Å². The lowest BCUT2D eigenvalue weighted by Gasteiger charge is -2.26. The molecule has 7 nitrogen and oxygen atoms in total. The van der Waals surface area contributed by atoms with Gasteiger partial charge in [-0.25, -0.2) is 16.8 Å². The Bertz CT molecular complexity index is 1190. The van der Waals surface area contributed by atoms with Gasteiger partial charge in [0.25, 0.3) is 5.91 Å². The molecule has 0 radical (unpaired) electrons. The van der Waals surface area contributed by atoms with Crippen LogP contribution < -0.4 is 0 Å². The number of piperidine rings is 1. The van der Waals surface area contributed by atoms with Crippen LogP contribution in [0.15, 0.2) is 58.3 Å². The van der Waals surface area contributed by atoms with Gasteiger partial charge < -0.3 is 4.90 Å². The molecule has 2 fully saturated rings. The largest absolute Gasteiger partial charge is 0.337 e. The normalized spacial score (nSPS) is 20.4. The molecule has 2 aliphatic rings. The predicted molar refractivity (Wildman–Crippen MR) is 122 cm³/mol. The quantitative estimate of drug-likeness (QED) is 0.633. The summed E-state index contributed by atoms with van der Waals surface area (Å²) in [4.78, 5) is 14.8. The minimum atomic E-state index is -3.58. The molecule has 10 heteroatoms. The third-order valence-electron chi connectivity index (χ3n) is 6.07. The van der Waals surface area contributed by atoms with Crippen molar-refractivity contribution in [2.24, 2.45) is 0 Å². The third-order valence-corrected chi connectivity index (χ3v) is 10.4. The summed E-state index contributed by atoms with van der Waals surface area (Å²) in [5.41, 5.74) is 0.340. The number of nitrogens with zero attached hydrogens (tertiary/aromatic N) is 2. The van der Waals surface area contributed by atoms with Crippen LogP contribution in [-0.4, -0.2) is 63.4 Å². The van der Waals surface area contributed by atoms with Gasteiger partial charge in [-0.3, -0.25) is 4.79 Å². The maximum atomic E-state index is 12.9. The number of carbonyl (C=O) groups excluding carboxylic acids is 1. The first-order valence-electron chi connectivity index (χ1n) is 10.6. The van der Waals surface area contributed by atoms with Gasteiger partial charge in [0, 0.05) is 36.8 Å². The third kappa shape index (κ3) is 4.57. The highest BCUT2D eigenvalue weighted by Crippen LogP contribution is 2.27. The van der Waals surface area contributed by atoms with Gasteiger partial charge in [-0.05, 0) is 67.8 Å². The average Bonchev–Trinajstić information content (AvgIpc) is 3.31. The summed E-state index contributed by atoms with van der Waals surface area (Å²) >= 11 is 5.85. The van der Waals surface area contributed by atoms with Gasteiger partial charge in [0.1, 0.15) is 0 Å². The van der Waals surface area contributed by atoms with Gasteiger partial charge >= 0.3 is 0 Å². The van der Waals surface area contributed by atoms with Crippen molar-refractivity contribution in [3.63, 3.8) is 0 Å². The molecule has 4 rings (SSSR count). The number of halogens is 1. The van der Waals surface area contributed by atoms with Crippen LogP contribution in [0.2, 0.25) is 5.02 Å². The Morgan fingerprint density at radius 3 is 2.03 bits per heavy atom. The maximum absolute atomic E-state index is 12.9. The molecular formula is C22H25ClN2O5S2. The predicted octanol–water partition coefficient (Wildman–Crippen LogP) is 3.20. The first kappa shape index (κ1) is 23.2. The van der Waals surface area contributed by atoms with E-state index in [9.17, 15) is 21.6 Å². The van der Waals surface area contributed by atoms with E-state index in [1.165, 1.54) is 57.7 Å². The van der Waals surface area contributed by atoms with E-state index in [1.807, 2.05) is 0 Å². The molecule has 2 aromatic carbocycles. The highest BCUT2D eigenvalue weighted by atomic mass is 35.5. The summed E-state index contributed by atoms with van der Waals surface area (Å²) in [5.74, 6) is -0.305. The van der Waals surface area contributed by atoms with E-state index >= 15 is 0 Å². The van der Waals surface area contributed by atoms with Crippen molar-refractivity contribution < 1.29 is 21.6 Å². The van der Waals surface area contributed by atoms with Gasteiger partial charge in [-0.15, -0.1) is 0 Å². The van der Waals surface area contributed by atoms with Crippen molar-refractivity contribution in [1.29, 1.82) is 0 Å². The summed E-state index contributed by atoms with van der Waals surface area (Å²) in [6.07, 6.45) is 3.08. The van der Waals surface area contributed by atoms with Crippen molar-refractivity contribution in [1.82, 2.24) is 9.21 Å². The summed E-state index contributed by atoms with van der Waals surface area (Å²) in [7, 11) is -7.15. The van der Waals surface area contributed by atoms with Crippen molar-refractivity contribution in [3.05, 3.63) is 59.1 Å². The number of sulfone groups is 1. The Kier molecular flexibility index (Phi) is 6.63. The maximum Gasteiger partial charge on any atom is 0.253 e.